The first-order valence-corrected chi connectivity index (χ1v) is 6.85. The number of β-amino-alcohol motifs (C(OH)–C–C–N with tert-alkyl or cyclic N) is 1. The molecular formula is C13H28N2O. The molecule has 0 saturated carbocycles. The molecule has 0 radical (unpaired) electrons. The van der Waals surface area contributed by atoms with Gasteiger partial charge in [-0.2, -0.15) is 0 Å². The molecule has 0 bridgehead atoms. The minimum Gasteiger partial charge on any atom is -0.392 e. The van der Waals surface area contributed by atoms with Gasteiger partial charge in [0.2, 0.25) is 0 Å². The highest BCUT2D eigenvalue weighted by Crippen LogP contribution is 2.20. The monoisotopic (exact) mass is 228 g/mol. The summed E-state index contributed by atoms with van der Waals surface area (Å²) in [5.41, 5.74) is 0. The summed E-state index contributed by atoms with van der Waals surface area (Å²) in [6.45, 7) is 10.7. The topological polar surface area (TPSA) is 35.5 Å². The highest BCUT2D eigenvalue weighted by molar-refractivity contribution is 4.84. The molecular weight excluding hydrogens is 200 g/mol. The normalized spacial score (nSPS) is 29.2. The Balaban J connectivity index is 2.39. The maximum Gasteiger partial charge on any atom is 0.0664 e. The van der Waals surface area contributed by atoms with Gasteiger partial charge in [-0.1, -0.05) is 27.2 Å². The van der Waals surface area contributed by atoms with Gasteiger partial charge in [-0.3, -0.25) is 0 Å². The first-order valence-electron chi connectivity index (χ1n) is 6.85. The molecule has 1 aliphatic heterocycles. The average Bonchev–Trinajstić information content (AvgIpc) is 2.31. The van der Waals surface area contributed by atoms with E-state index >= 15 is 0 Å². The number of nitrogens with zero attached hydrogens (tertiary/aromatic N) is 1. The van der Waals surface area contributed by atoms with Crippen molar-refractivity contribution in [1.82, 2.24) is 10.2 Å². The van der Waals surface area contributed by atoms with Crippen LogP contribution in [0.5, 0.6) is 0 Å². The lowest BCUT2D eigenvalue weighted by Crippen LogP contribution is -2.50. The predicted octanol–water partition coefficient (Wildman–Crippen LogP) is 1.47. The lowest BCUT2D eigenvalue weighted by Gasteiger charge is -2.39. The number of likely N-dealkylation sites (tertiary alicyclic amines) is 1. The standard InChI is InChI=1S/C13H28N2O/c1-4-11-9-15(10-12(16)5-2)8-7-13(11)14-6-3/h11-14,16H,4-10H2,1-3H3. The molecule has 1 fully saturated rings. The number of hydrogen-bond acceptors (Lipinski definition) is 3. The van der Waals surface area contributed by atoms with Crippen molar-refractivity contribution < 1.29 is 5.11 Å². The van der Waals surface area contributed by atoms with Crippen molar-refractivity contribution in [1.29, 1.82) is 0 Å². The van der Waals surface area contributed by atoms with Gasteiger partial charge in [0.1, 0.15) is 0 Å². The molecule has 0 aromatic rings. The van der Waals surface area contributed by atoms with Crippen molar-refractivity contribution in [2.45, 2.75) is 52.2 Å². The first kappa shape index (κ1) is 13.9. The van der Waals surface area contributed by atoms with Gasteiger partial charge in [0.15, 0.2) is 0 Å². The van der Waals surface area contributed by atoms with Crippen LogP contribution >= 0.6 is 0 Å². The van der Waals surface area contributed by atoms with E-state index in [0.29, 0.717) is 6.04 Å². The number of piperidine rings is 1. The minimum atomic E-state index is -0.145. The fourth-order valence-electron chi connectivity index (χ4n) is 2.65. The second-order valence-corrected chi connectivity index (χ2v) is 4.94. The zero-order valence-electron chi connectivity index (χ0n) is 11.1. The summed E-state index contributed by atoms with van der Waals surface area (Å²) in [5, 5.41) is 13.3. The summed E-state index contributed by atoms with van der Waals surface area (Å²) in [7, 11) is 0. The Hall–Kier alpha value is -0.120. The summed E-state index contributed by atoms with van der Waals surface area (Å²) in [4.78, 5) is 2.43. The maximum atomic E-state index is 9.68. The van der Waals surface area contributed by atoms with Crippen molar-refractivity contribution >= 4 is 0 Å². The summed E-state index contributed by atoms with van der Waals surface area (Å²) in [5.74, 6) is 0.748. The summed E-state index contributed by atoms with van der Waals surface area (Å²) < 4.78 is 0. The number of nitrogens with one attached hydrogen (secondary N) is 1. The molecule has 16 heavy (non-hydrogen) atoms. The third-order valence-corrected chi connectivity index (χ3v) is 3.75. The Labute approximate surface area is 100 Å². The SMILES string of the molecule is CCNC1CCN(CC(O)CC)CC1CC. The van der Waals surface area contributed by atoms with Gasteiger partial charge >= 0.3 is 0 Å². The van der Waals surface area contributed by atoms with Crippen LogP contribution in [0.4, 0.5) is 0 Å². The molecule has 0 aromatic carbocycles. The maximum absolute atomic E-state index is 9.68. The molecule has 1 saturated heterocycles. The molecule has 2 N–H and O–H groups in total. The molecule has 96 valence electrons. The molecule has 0 amide bonds. The van der Waals surface area contributed by atoms with Gasteiger partial charge in [-0.25, -0.2) is 0 Å². The molecule has 0 aliphatic carbocycles. The van der Waals surface area contributed by atoms with E-state index in [-0.39, 0.29) is 6.10 Å². The van der Waals surface area contributed by atoms with Gasteiger partial charge in [0, 0.05) is 19.1 Å². The van der Waals surface area contributed by atoms with E-state index in [2.05, 4.69) is 24.1 Å². The van der Waals surface area contributed by atoms with Gasteiger partial charge in [0.05, 0.1) is 6.10 Å². The Bertz CT molecular complexity index is 187. The number of hydrogen-bond donors (Lipinski definition) is 2. The van der Waals surface area contributed by atoms with Crippen molar-refractivity contribution in [2.75, 3.05) is 26.2 Å². The number of aliphatic hydroxyl groups is 1. The van der Waals surface area contributed by atoms with E-state index in [1.54, 1.807) is 0 Å². The van der Waals surface area contributed by atoms with Crippen molar-refractivity contribution in [3.63, 3.8) is 0 Å². The molecule has 3 heteroatoms. The Morgan fingerprint density at radius 2 is 2.12 bits per heavy atom. The Morgan fingerprint density at radius 3 is 2.69 bits per heavy atom. The van der Waals surface area contributed by atoms with Gasteiger partial charge < -0.3 is 15.3 Å². The van der Waals surface area contributed by atoms with E-state index in [4.69, 9.17) is 0 Å². The second-order valence-electron chi connectivity index (χ2n) is 4.94. The van der Waals surface area contributed by atoms with E-state index in [1.165, 1.54) is 12.8 Å². The van der Waals surface area contributed by atoms with Crippen LogP contribution in [0, 0.1) is 5.92 Å². The number of rotatable bonds is 6. The van der Waals surface area contributed by atoms with Crippen LogP contribution in [0.3, 0.4) is 0 Å². The van der Waals surface area contributed by atoms with Crippen LogP contribution in [0.25, 0.3) is 0 Å². The third-order valence-electron chi connectivity index (χ3n) is 3.75. The molecule has 3 nitrogen and oxygen atoms in total. The van der Waals surface area contributed by atoms with Crippen molar-refractivity contribution in [3.8, 4) is 0 Å². The van der Waals surface area contributed by atoms with Gasteiger partial charge in [0.25, 0.3) is 0 Å². The molecule has 0 aromatic heterocycles. The van der Waals surface area contributed by atoms with Crippen LogP contribution in [0.1, 0.15) is 40.0 Å². The zero-order chi connectivity index (χ0) is 12.0. The summed E-state index contributed by atoms with van der Waals surface area (Å²) >= 11 is 0. The summed E-state index contributed by atoms with van der Waals surface area (Å²) in [6, 6.07) is 0.685. The van der Waals surface area contributed by atoms with Crippen LogP contribution < -0.4 is 5.32 Å². The molecule has 0 spiro atoms. The lowest BCUT2D eigenvalue weighted by molar-refractivity contribution is 0.0688. The quantitative estimate of drug-likeness (QED) is 0.722. The van der Waals surface area contributed by atoms with E-state index < -0.39 is 0 Å². The van der Waals surface area contributed by atoms with Gasteiger partial charge in [-0.15, -0.1) is 0 Å². The third kappa shape index (κ3) is 4.04. The molecule has 3 atom stereocenters. The fraction of sp³-hybridized carbons (Fsp3) is 1.00. The highest BCUT2D eigenvalue weighted by atomic mass is 16.3. The van der Waals surface area contributed by atoms with E-state index in [1.807, 2.05) is 6.92 Å². The van der Waals surface area contributed by atoms with Gasteiger partial charge in [-0.05, 0) is 31.8 Å². The fourth-order valence-corrected chi connectivity index (χ4v) is 2.65. The van der Waals surface area contributed by atoms with E-state index in [0.717, 1.165) is 38.5 Å². The molecule has 3 unspecified atom stereocenters. The Morgan fingerprint density at radius 1 is 1.38 bits per heavy atom. The van der Waals surface area contributed by atoms with E-state index in [9.17, 15) is 5.11 Å². The highest BCUT2D eigenvalue weighted by Gasteiger charge is 2.27. The smallest absolute Gasteiger partial charge is 0.0664 e. The lowest BCUT2D eigenvalue weighted by atomic mass is 9.89. The minimum absolute atomic E-state index is 0.145. The van der Waals surface area contributed by atoms with Crippen LogP contribution in [0.2, 0.25) is 0 Å². The first-order chi connectivity index (χ1) is 7.71. The predicted molar refractivity (Wildman–Crippen MR) is 68.6 cm³/mol. The van der Waals surface area contributed by atoms with Crippen LogP contribution in [0.15, 0.2) is 0 Å². The molecule has 1 rings (SSSR count). The summed E-state index contributed by atoms with van der Waals surface area (Å²) in [6.07, 6.45) is 3.18. The molecule has 1 aliphatic rings. The van der Waals surface area contributed by atoms with Crippen LogP contribution in [-0.4, -0.2) is 48.3 Å². The largest absolute Gasteiger partial charge is 0.392 e. The van der Waals surface area contributed by atoms with Crippen molar-refractivity contribution in [3.05, 3.63) is 0 Å². The van der Waals surface area contributed by atoms with Crippen LogP contribution in [-0.2, 0) is 0 Å². The zero-order valence-corrected chi connectivity index (χ0v) is 11.1. The average molecular weight is 228 g/mol. The number of aliphatic hydroxyl groups excluding tert-OH is 1. The molecule has 1 heterocycles. The Kier molecular flexibility index (Phi) is 6.32. The van der Waals surface area contributed by atoms with Crippen molar-refractivity contribution in [2.24, 2.45) is 5.92 Å². The second kappa shape index (κ2) is 7.25.